The van der Waals surface area contributed by atoms with Crippen molar-refractivity contribution in [1.29, 1.82) is 0 Å². The summed E-state index contributed by atoms with van der Waals surface area (Å²) < 4.78 is 0. The summed E-state index contributed by atoms with van der Waals surface area (Å²) in [6.07, 6.45) is 1.14. The van der Waals surface area contributed by atoms with E-state index in [-0.39, 0.29) is 17.5 Å². The zero-order valence-corrected chi connectivity index (χ0v) is 11.9. The van der Waals surface area contributed by atoms with E-state index in [0.29, 0.717) is 17.3 Å². The average Bonchev–Trinajstić information content (AvgIpc) is 2.48. The molecular weight excluding hydrogens is 296 g/mol. The van der Waals surface area contributed by atoms with Gasteiger partial charge in [0.1, 0.15) is 6.20 Å². The van der Waals surface area contributed by atoms with Crippen molar-refractivity contribution in [3.63, 3.8) is 0 Å². The van der Waals surface area contributed by atoms with Crippen molar-refractivity contribution in [2.45, 2.75) is 6.54 Å². The third-order valence-electron chi connectivity index (χ3n) is 2.72. The van der Waals surface area contributed by atoms with Crippen molar-refractivity contribution in [3.8, 4) is 0 Å². The first-order valence-corrected chi connectivity index (χ1v) is 6.37. The first-order chi connectivity index (χ1) is 10.0. The monoisotopic (exact) mass is 308 g/mol. The lowest BCUT2D eigenvalue weighted by Gasteiger charge is -2.09. The van der Waals surface area contributed by atoms with Crippen molar-refractivity contribution in [2.75, 3.05) is 17.7 Å². The standard InChI is InChI=1S/C12H13ClN6O2/c1-15-11-10(19(20)21)6-16-12(18-11)17-8-2-3-9(13)7(4-8)5-14/h2-4,6H,5,14H2,1H3,(H2,15,16,17,18). The molecule has 0 unspecified atom stereocenters. The van der Waals surface area contributed by atoms with Gasteiger partial charge in [0.15, 0.2) is 0 Å². The Morgan fingerprint density at radius 1 is 1.48 bits per heavy atom. The summed E-state index contributed by atoms with van der Waals surface area (Å²) in [7, 11) is 1.55. The van der Waals surface area contributed by atoms with E-state index in [4.69, 9.17) is 17.3 Å². The summed E-state index contributed by atoms with van der Waals surface area (Å²) >= 11 is 5.98. The van der Waals surface area contributed by atoms with Crippen molar-refractivity contribution >= 4 is 34.7 Å². The topological polar surface area (TPSA) is 119 Å². The molecule has 4 N–H and O–H groups in total. The van der Waals surface area contributed by atoms with Gasteiger partial charge in [0, 0.05) is 24.3 Å². The molecular formula is C12H13ClN6O2. The molecule has 8 nitrogen and oxygen atoms in total. The maximum absolute atomic E-state index is 10.8. The molecule has 0 aliphatic rings. The molecule has 9 heteroatoms. The maximum atomic E-state index is 10.8. The second-order valence-electron chi connectivity index (χ2n) is 4.07. The molecule has 0 saturated heterocycles. The summed E-state index contributed by atoms with van der Waals surface area (Å²) in [4.78, 5) is 18.2. The highest BCUT2D eigenvalue weighted by Gasteiger charge is 2.16. The van der Waals surface area contributed by atoms with E-state index >= 15 is 0 Å². The van der Waals surface area contributed by atoms with Gasteiger partial charge in [-0.3, -0.25) is 10.1 Å². The predicted octanol–water partition coefficient (Wildman–Crippen LogP) is 2.28. The second kappa shape index (κ2) is 6.33. The van der Waals surface area contributed by atoms with Crippen LogP contribution in [-0.2, 0) is 6.54 Å². The van der Waals surface area contributed by atoms with Gasteiger partial charge in [-0.15, -0.1) is 0 Å². The van der Waals surface area contributed by atoms with Crippen molar-refractivity contribution in [1.82, 2.24) is 9.97 Å². The molecule has 110 valence electrons. The van der Waals surface area contributed by atoms with Gasteiger partial charge in [0.2, 0.25) is 11.8 Å². The van der Waals surface area contributed by atoms with Gasteiger partial charge in [-0.2, -0.15) is 4.98 Å². The Morgan fingerprint density at radius 2 is 2.24 bits per heavy atom. The van der Waals surface area contributed by atoms with Crippen LogP contribution in [0.1, 0.15) is 5.56 Å². The van der Waals surface area contributed by atoms with Crippen molar-refractivity contribution in [2.24, 2.45) is 5.73 Å². The molecule has 2 aromatic rings. The molecule has 0 aliphatic carbocycles. The number of nitrogens with two attached hydrogens (primary N) is 1. The van der Waals surface area contributed by atoms with Gasteiger partial charge in [-0.1, -0.05) is 11.6 Å². The number of aromatic nitrogens is 2. The van der Waals surface area contributed by atoms with Crippen LogP contribution >= 0.6 is 11.6 Å². The van der Waals surface area contributed by atoms with E-state index in [1.807, 2.05) is 0 Å². The molecule has 1 heterocycles. The summed E-state index contributed by atoms with van der Waals surface area (Å²) in [6, 6.07) is 5.22. The highest BCUT2D eigenvalue weighted by molar-refractivity contribution is 6.31. The maximum Gasteiger partial charge on any atom is 0.329 e. The van der Waals surface area contributed by atoms with Gasteiger partial charge in [0.05, 0.1) is 4.92 Å². The van der Waals surface area contributed by atoms with Crippen LogP contribution in [0.15, 0.2) is 24.4 Å². The minimum absolute atomic E-state index is 0.130. The normalized spacial score (nSPS) is 10.2. The Bertz CT molecular complexity index is 679. The minimum atomic E-state index is -0.551. The summed E-state index contributed by atoms with van der Waals surface area (Å²) in [5.41, 5.74) is 6.86. The lowest BCUT2D eigenvalue weighted by molar-refractivity contribution is -0.384. The molecule has 0 amide bonds. The fourth-order valence-electron chi connectivity index (χ4n) is 1.69. The number of hydrogen-bond donors (Lipinski definition) is 3. The summed E-state index contributed by atoms with van der Waals surface area (Å²) in [5.74, 6) is 0.362. The first-order valence-electron chi connectivity index (χ1n) is 6.00. The molecule has 2 rings (SSSR count). The van der Waals surface area contributed by atoms with E-state index in [1.165, 1.54) is 0 Å². The minimum Gasteiger partial charge on any atom is -0.367 e. The SMILES string of the molecule is CNc1nc(Nc2ccc(Cl)c(CN)c2)ncc1[N+](=O)[O-]. The number of nitrogens with one attached hydrogen (secondary N) is 2. The molecule has 0 aliphatic heterocycles. The van der Waals surface area contributed by atoms with Gasteiger partial charge in [-0.05, 0) is 23.8 Å². The number of anilines is 3. The van der Waals surface area contributed by atoms with E-state index in [9.17, 15) is 10.1 Å². The van der Waals surface area contributed by atoms with E-state index < -0.39 is 4.92 Å². The van der Waals surface area contributed by atoms with Gasteiger partial charge < -0.3 is 16.4 Å². The van der Waals surface area contributed by atoms with E-state index in [1.54, 1.807) is 25.2 Å². The molecule has 0 bridgehead atoms. The highest BCUT2D eigenvalue weighted by atomic mass is 35.5. The van der Waals surface area contributed by atoms with Crippen LogP contribution in [0, 0.1) is 10.1 Å². The van der Waals surface area contributed by atoms with Gasteiger partial charge in [0.25, 0.3) is 0 Å². The number of nitrogens with zero attached hydrogens (tertiary/aromatic N) is 3. The number of hydrogen-bond acceptors (Lipinski definition) is 7. The zero-order chi connectivity index (χ0) is 15.4. The number of rotatable bonds is 5. The average molecular weight is 309 g/mol. The first kappa shape index (κ1) is 14.9. The van der Waals surface area contributed by atoms with Crippen LogP contribution in [0.2, 0.25) is 5.02 Å². The van der Waals surface area contributed by atoms with Crippen LogP contribution in [0.25, 0.3) is 0 Å². The Balaban J connectivity index is 2.29. The second-order valence-corrected chi connectivity index (χ2v) is 4.48. The number of nitro groups is 1. The predicted molar refractivity (Wildman–Crippen MR) is 80.9 cm³/mol. The molecule has 0 atom stereocenters. The van der Waals surface area contributed by atoms with Gasteiger partial charge in [-0.25, -0.2) is 4.98 Å². The van der Waals surface area contributed by atoms with E-state index in [2.05, 4.69) is 20.6 Å². The molecule has 21 heavy (non-hydrogen) atoms. The van der Waals surface area contributed by atoms with Crippen LogP contribution in [0.3, 0.4) is 0 Å². The lowest BCUT2D eigenvalue weighted by Crippen LogP contribution is -2.05. The molecule has 0 radical (unpaired) electrons. The Hall–Kier alpha value is -2.45. The van der Waals surface area contributed by atoms with E-state index in [0.717, 1.165) is 11.8 Å². The van der Waals surface area contributed by atoms with Crippen molar-refractivity contribution in [3.05, 3.63) is 45.1 Å². The smallest absolute Gasteiger partial charge is 0.329 e. The Kier molecular flexibility index (Phi) is 4.51. The zero-order valence-electron chi connectivity index (χ0n) is 11.1. The van der Waals surface area contributed by atoms with Crippen molar-refractivity contribution < 1.29 is 4.92 Å². The molecule has 1 aromatic heterocycles. The third-order valence-corrected chi connectivity index (χ3v) is 3.09. The quantitative estimate of drug-likeness (QED) is 0.572. The summed E-state index contributed by atoms with van der Waals surface area (Å²) in [6.45, 7) is 0.303. The largest absolute Gasteiger partial charge is 0.367 e. The molecule has 0 spiro atoms. The molecule has 0 fully saturated rings. The lowest BCUT2D eigenvalue weighted by atomic mass is 10.2. The van der Waals surface area contributed by atoms with Crippen LogP contribution in [-0.4, -0.2) is 21.9 Å². The summed E-state index contributed by atoms with van der Waals surface area (Å²) in [5, 5.41) is 17.0. The fraction of sp³-hybridized carbons (Fsp3) is 0.167. The fourth-order valence-corrected chi connectivity index (χ4v) is 1.89. The Morgan fingerprint density at radius 3 is 2.86 bits per heavy atom. The third kappa shape index (κ3) is 3.36. The van der Waals surface area contributed by atoms with Crippen LogP contribution < -0.4 is 16.4 Å². The molecule has 0 saturated carbocycles. The van der Waals surface area contributed by atoms with Crippen LogP contribution in [0.5, 0.6) is 0 Å². The number of benzene rings is 1. The molecule has 1 aromatic carbocycles. The Labute approximate surface area is 125 Å². The van der Waals surface area contributed by atoms with Gasteiger partial charge >= 0.3 is 5.69 Å². The highest BCUT2D eigenvalue weighted by Crippen LogP contribution is 2.25. The number of halogens is 1. The van der Waals surface area contributed by atoms with Crippen LogP contribution in [0.4, 0.5) is 23.1 Å².